The van der Waals surface area contributed by atoms with Gasteiger partial charge in [0.25, 0.3) is 0 Å². The number of esters is 1. The second-order valence-electron chi connectivity index (χ2n) is 5.58. The molecule has 1 aromatic rings. The Morgan fingerprint density at radius 3 is 2.38 bits per heavy atom. The van der Waals surface area contributed by atoms with Gasteiger partial charge in [0, 0.05) is 0 Å². The second-order valence-corrected chi connectivity index (χ2v) is 5.58. The lowest BCUT2D eigenvalue weighted by molar-refractivity contribution is -0.137. The molecule has 24 heavy (non-hydrogen) atoms. The number of hydrogen-bond acceptors (Lipinski definition) is 4. The molecule has 0 heterocycles. The fourth-order valence-electron chi connectivity index (χ4n) is 2.25. The molecule has 4 heteroatoms. The van der Waals surface area contributed by atoms with Crippen LogP contribution < -0.4 is 4.74 Å². The fraction of sp³-hybridized carbons (Fsp3) is 0.500. The van der Waals surface area contributed by atoms with Gasteiger partial charge in [-0.2, -0.15) is 5.26 Å². The number of benzene rings is 1. The van der Waals surface area contributed by atoms with Gasteiger partial charge >= 0.3 is 5.97 Å². The van der Waals surface area contributed by atoms with Gasteiger partial charge in [0.1, 0.15) is 17.4 Å². The minimum absolute atomic E-state index is 0.00222. The number of nitriles is 1. The molecule has 4 nitrogen and oxygen atoms in total. The third-order valence-electron chi connectivity index (χ3n) is 3.57. The van der Waals surface area contributed by atoms with Crippen LogP contribution in [0.3, 0.4) is 0 Å². The minimum Gasteiger partial charge on any atom is -0.494 e. The van der Waals surface area contributed by atoms with Crippen molar-refractivity contribution in [3.05, 3.63) is 35.4 Å². The number of nitrogens with zero attached hydrogens (tertiary/aromatic N) is 1. The highest BCUT2D eigenvalue weighted by Crippen LogP contribution is 2.16. The lowest BCUT2D eigenvalue weighted by atomic mass is 10.1. The van der Waals surface area contributed by atoms with Gasteiger partial charge in [0.15, 0.2) is 0 Å². The molecule has 0 aliphatic carbocycles. The Morgan fingerprint density at radius 1 is 1.08 bits per heavy atom. The molecule has 0 aliphatic rings. The summed E-state index contributed by atoms with van der Waals surface area (Å²) in [5, 5.41) is 9.02. The first kappa shape index (κ1) is 19.8. The first-order chi connectivity index (χ1) is 11.7. The monoisotopic (exact) mass is 329 g/mol. The Morgan fingerprint density at radius 2 is 1.75 bits per heavy atom. The van der Waals surface area contributed by atoms with E-state index in [2.05, 4.69) is 6.92 Å². The van der Waals surface area contributed by atoms with E-state index in [0.29, 0.717) is 6.61 Å². The third kappa shape index (κ3) is 7.82. The molecular formula is C20H27NO3. The molecule has 0 saturated heterocycles. The summed E-state index contributed by atoms with van der Waals surface area (Å²) in [5.41, 5.74) is 0.768. The molecular weight excluding hydrogens is 302 g/mol. The molecule has 0 aromatic heterocycles. The molecule has 0 radical (unpaired) electrons. The van der Waals surface area contributed by atoms with Crippen molar-refractivity contribution < 1.29 is 14.3 Å². The highest BCUT2D eigenvalue weighted by molar-refractivity contribution is 5.97. The van der Waals surface area contributed by atoms with Crippen molar-refractivity contribution in [2.75, 3.05) is 13.2 Å². The average molecular weight is 329 g/mol. The number of hydrogen-bond donors (Lipinski definition) is 0. The van der Waals surface area contributed by atoms with Crippen LogP contribution in [-0.2, 0) is 9.53 Å². The van der Waals surface area contributed by atoms with Crippen LogP contribution in [0, 0.1) is 11.3 Å². The molecule has 130 valence electrons. The van der Waals surface area contributed by atoms with E-state index in [1.807, 2.05) is 30.3 Å². The van der Waals surface area contributed by atoms with E-state index in [9.17, 15) is 4.79 Å². The van der Waals surface area contributed by atoms with Gasteiger partial charge in [-0.1, -0.05) is 51.2 Å². The van der Waals surface area contributed by atoms with Gasteiger partial charge in [0.05, 0.1) is 13.2 Å². The number of rotatable bonds is 11. The van der Waals surface area contributed by atoms with Gasteiger partial charge in [-0.3, -0.25) is 0 Å². The first-order valence-electron chi connectivity index (χ1n) is 8.73. The Bertz CT molecular complexity index is 555. The number of unbranched alkanes of at least 4 members (excludes halogenated alkanes) is 5. The fourth-order valence-corrected chi connectivity index (χ4v) is 2.25. The molecule has 0 amide bonds. The Balaban J connectivity index is 2.42. The average Bonchev–Trinajstić information content (AvgIpc) is 2.60. The Kier molecular flexibility index (Phi) is 10.0. The molecule has 0 aliphatic heterocycles. The predicted octanol–water partition coefficient (Wildman–Crippen LogP) is 4.90. The molecule has 0 unspecified atom stereocenters. The predicted molar refractivity (Wildman–Crippen MR) is 95.5 cm³/mol. The third-order valence-corrected chi connectivity index (χ3v) is 3.57. The van der Waals surface area contributed by atoms with Gasteiger partial charge in [0.2, 0.25) is 0 Å². The van der Waals surface area contributed by atoms with Gasteiger partial charge < -0.3 is 9.47 Å². The van der Waals surface area contributed by atoms with Crippen molar-refractivity contribution in [3.63, 3.8) is 0 Å². The van der Waals surface area contributed by atoms with Crippen molar-refractivity contribution in [3.8, 4) is 11.8 Å². The maximum atomic E-state index is 11.6. The SMILES string of the molecule is CCCCCCCCOc1ccc(/C=C(\C#N)C(=O)OCC)cc1. The van der Waals surface area contributed by atoms with Crippen LogP contribution in [0.1, 0.15) is 57.9 Å². The molecule has 0 N–H and O–H groups in total. The largest absolute Gasteiger partial charge is 0.494 e. The van der Waals surface area contributed by atoms with Crippen molar-refractivity contribution in [2.24, 2.45) is 0 Å². The lowest BCUT2D eigenvalue weighted by Gasteiger charge is -2.06. The lowest BCUT2D eigenvalue weighted by Crippen LogP contribution is -2.05. The van der Waals surface area contributed by atoms with E-state index in [4.69, 9.17) is 14.7 Å². The maximum Gasteiger partial charge on any atom is 0.348 e. The maximum absolute atomic E-state index is 11.6. The summed E-state index contributed by atoms with van der Waals surface area (Å²) >= 11 is 0. The summed E-state index contributed by atoms with van der Waals surface area (Å²) in [4.78, 5) is 11.6. The van der Waals surface area contributed by atoms with Crippen molar-refractivity contribution >= 4 is 12.0 Å². The normalized spacial score (nSPS) is 11.0. The summed E-state index contributed by atoms with van der Waals surface area (Å²) in [6, 6.07) is 9.22. The van der Waals surface area contributed by atoms with E-state index >= 15 is 0 Å². The summed E-state index contributed by atoms with van der Waals surface area (Å²) in [6.45, 7) is 4.90. The zero-order valence-corrected chi connectivity index (χ0v) is 14.7. The van der Waals surface area contributed by atoms with Crippen LogP contribution in [0.4, 0.5) is 0 Å². The summed E-state index contributed by atoms with van der Waals surface area (Å²) in [6.07, 6.45) is 8.94. The van der Waals surface area contributed by atoms with Crippen LogP contribution >= 0.6 is 0 Å². The van der Waals surface area contributed by atoms with E-state index in [1.54, 1.807) is 6.92 Å². The molecule has 0 fully saturated rings. The molecule has 0 spiro atoms. The zero-order chi connectivity index (χ0) is 17.6. The molecule has 1 rings (SSSR count). The Hall–Kier alpha value is -2.28. The number of carbonyl (C=O) groups excluding carboxylic acids is 1. The van der Waals surface area contributed by atoms with Crippen LogP contribution in [0.2, 0.25) is 0 Å². The first-order valence-corrected chi connectivity index (χ1v) is 8.73. The second kappa shape index (κ2) is 12.2. The van der Waals surface area contributed by atoms with E-state index in [-0.39, 0.29) is 12.2 Å². The summed E-state index contributed by atoms with van der Waals surface area (Å²) in [7, 11) is 0. The van der Waals surface area contributed by atoms with Crippen molar-refractivity contribution in [2.45, 2.75) is 52.4 Å². The minimum atomic E-state index is -0.594. The van der Waals surface area contributed by atoms with E-state index in [1.165, 1.54) is 38.2 Å². The van der Waals surface area contributed by atoms with Crippen molar-refractivity contribution in [1.82, 2.24) is 0 Å². The van der Waals surface area contributed by atoms with Crippen molar-refractivity contribution in [1.29, 1.82) is 5.26 Å². The standard InChI is InChI=1S/C20H27NO3/c1-3-5-6-7-8-9-14-24-19-12-10-17(11-13-19)15-18(16-21)20(22)23-4-2/h10-13,15H,3-9,14H2,1-2H3/b18-15+. The Labute approximate surface area is 145 Å². The van der Waals surface area contributed by atoms with Gasteiger partial charge in [-0.15, -0.1) is 0 Å². The molecule has 0 atom stereocenters. The van der Waals surface area contributed by atoms with E-state index < -0.39 is 5.97 Å². The highest BCUT2D eigenvalue weighted by Gasteiger charge is 2.09. The topological polar surface area (TPSA) is 59.3 Å². The number of carbonyl (C=O) groups is 1. The van der Waals surface area contributed by atoms with Crippen LogP contribution in [-0.4, -0.2) is 19.2 Å². The smallest absolute Gasteiger partial charge is 0.348 e. The molecule has 0 saturated carbocycles. The van der Waals surface area contributed by atoms with Crippen LogP contribution in [0.15, 0.2) is 29.8 Å². The number of ether oxygens (including phenoxy) is 2. The van der Waals surface area contributed by atoms with Crippen LogP contribution in [0.25, 0.3) is 6.08 Å². The summed E-state index contributed by atoms with van der Waals surface area (Å²) in [5.74, 6) is 0.207. The van der Waals surface area contributed by atoms with Crippen LogP contribution in [0.5, 0.6) is 5.75 Å². The van der Waals surface area contributed by atoms with Gasteiger partial charge in [-0.25, -0.2) is 4.79 Å². The molecule has 1 aromatic carbocycles. The highest BCUT2D eigenvalue weighted by atomic mass is 16.5. The quantitative estimate of drug-likeness (QED) is 0.251. The van der Waals surface area contributed by atoms with Gasteiger partial charge in [-0.05, 0) is 37.1 Å². The molecule has 0 bridgehead atoms. The zero-order valence-electron chi connectivity index (χ0n) is 14.7. The summed E-state index contributed by atoms with van der Waals surface area (Å²) < 4.78 is 10.5. The van der Waals surface area contributed by atoms with E-state index in [0.717, 1.165) is 17.7 Å².